The van der Waals surface area contributed by atoms with Gasteiger partial charge in [0.05, 0.1) is 18.2 Å². The molecule has 0 bridgehead atoms. The molecule has 0 aliphatic carbocycles. The van der Waals surface area contributed by atoms with Crippen LogP contribution in [-0.2, 0) is 6.54 Å². The van der Waals surface area contributed by atoms with Gasteiger partial charge in [0.25, 0.3) is 0 Å². The molecule has 2 aromatic rings. The molecule has 0 aromatic heterocycles. The van der Waals surface area contributed by atoms with Crippen molar-refractivity contribution in [2.75, 3.05) is 13.2 Å². The smallest absolute Gasteiger partial charge is 0.138 e. The zero-order chi connectivity index (χ0) is 15.1. The van der Waals surface area contributed by atoms with E-state index >= 15 is 0 Å². The van der Waals surface area contributed by atoms with Crippen molar-refractivity contribution >= 4 is 11.6 Å². The summed E-state index contributed by atoms with van der Waals surface area (Å²) in [5.74, 6) is 1.57. The van der Waals surface area contributed by atoms with Gasteiger partial charge in [-0.2, -0.15) is 0 Å². The number of halogens is 1. The summed E-state index contributed by atoms with van der Waals surface area (Å²) in [6.07, 6.45) is 0.795. The molecule has 21 heavy (non-hydrogen) atoms. The highest BCUT2D eigenvalue weighted by Crippen LogP contribution is 2.25. The van der Waals surface area contributed by atoms with Gasteiger partial charge in [0.2, 0.25) is 0 Å². The van der Waals surface area contributed by atoms with Crippen LogP contribution in [0.3, 0.4) is 0 Å². The molecule has 2 rings (SSSR count). The van der Waals surface area contributed by atoms with Crippen molar-refractivity contribution in [2.24, 2.45) is 5.73 Å². The Morgan fingerprint density at radius 2 is 1.71 bits per heavy atom. The maximum Gasteiger partial charge on any atom is 0.138 e. The summed E-state index contributed by atoms with van der Waals surface area (Å²) in [6.45, 7) is 3.73. The van der Waals surface area contributed by atoms with E-state index in [4.69, 9.17) is 26.8 Å². The van der Waals surface area contributed by atoms with Gasteiger partial charge in [-0.25, -0.2) is 0 Å². The first-order valence-corrected chi connectivity index (χ1v) is 7.37. The Kier molecular flexibility index (Phi) is 5.90. The minimum atomic E-state index is 0.547. The number of hydrogen-bond acceptors (Lipinski definition) is 3. The molecule has 4 heteroatoms. The Labute approximate surface area is 130 Å². The van der Waals surface area contributed by atoms with Crippen LogP contribution in [-0.4, -0.2) is 13.2 Å². The van der Waals surface area contributed by atoms with Crippen LogP contribution in [0.15, 0.2) is 42.5 Å². The van der Waals surface area contributed by atoms with E-state index in [1.165, 1.54) is 0 Å². The molecule has 0 radical (unpaired) electrons. The Hall–Kier alpha value is -1.71. The van der Waals surface area contributed by atoms with Crippen LogP contribution in [0, 0.1) is 6.92 Å². The van der Waals surface area contributed by atoms with E-state index in [-0.39, 0.29) is 0 Å². The topological polar surface area (TPSA) is 44.5 Å². The molecule has 2 aromatic carbocycles. The van der Waals surface area contributed by atoms with E-state index in [1.54, 1.807) is 0 Å². The quantitative estimate of drug-likeness (QED) is 0.788. The number of nitrogens with two attached hydrogens (primary N) is 1. The third kappa shape index (κ3) is 4.96. The van der Waals surface area contributed by atoms with Crippen molar-refractivity contribution in [3.63, 3.8) is 0 Å². The van der Waals surface area contributed by atoms with Crippen LogP contribution in [0.4, 0.5) is 0 Å². The molecule has 0 aliphatic rings. The largest absolute Gasteiger partial charge is 0.493 e. The molecule has 0 heterocycles. The molecule has 0 aliphatic heterocycles. The second-order valence-corrected chi connectivity index (χ2v) is 5.24. The lowest BCUT2D eigenvalue weighted by atomic mass is 10.2. The van der Waals surface area contributed by atoms with Crippen molar-refractivity contribution in [2.45, 2.75) is 19.9 Å². The Balaban J connectivity index is 1.71. The van der Waals surface area contributed by atoms with Gasteiger partial charge in [0.15, 0.2) is 0 Å². The fourth-order valence-corrected chi connectivity index (χ4v) is 2.05. The lowest BCUT2D eigenvalue weighted by molar-refractivity contribution is 0.247. The van der Waals surface area contributed by atoms with Crippen molar-refractivity contribution < 1.29 is 9.47 Å². The Bertz CT molecular complexity index is 570. The molecule has 2 N–H and O–H groups in total. The predicted octanol–water partition coefficient (Wildman–Crippen LogP) is 3.96. The maximum atomic E-state index is 6.07. The molecular weight excluding hydrogens is 286 g/mol. The van der Waals surface area contributed by atoms with Crippen LogP contribution in [0.25, 0.3) is 0 Å². The van der Waals surface area contributed by atoms with Gasteiger partial charge in [0, 0.05) is 13.0 Å². The molecular formula is C17H20ClNO2. The number of ether oxygens (including phenoxy) is 2. The summed E-state index contributed by atoms with van der Waals surface area (Å²) < 4.78 is 11.3. The fourth-order valence-electron chi connectivity index (χ4n) is 1.87. The lowest BCUT2D eigenvalue weighted by Crippen LogP contribution is -2.05. The first kappa shape index (κ1) is 15.7. The normalized spacial score (nSPS) is 10.4. The van der Waals surface area contributed by atoms with Crippen molar-refractivity contribution in [1.82, 2.24) is 0 Å². The van der Waals surface area contributed by atoms with Gasteiger partial charge >= 0.3 is 0 Å². The SMILES string of the molecule is Cc1ccc(Cl)c(OCCCOc2ccc(CN)cc2)c1. The third-order valence-corrected chi connectivity index (χ3v) is 3.37. The van der Waals surface area contributed by atoms with Crippen molar-refractivity contribution in [1.29, 1.82) is 0 Å². The molecule has 0 unspecified atom stereocenters. The molecule has 0 atom stereocenters. The summed E-state index contributed by atoms with van der Waals surface area (Å²) >= 11 is 6.07. The van der Waals surface area contributed by atoms with E-state index in [1.807, 2.05) is 49.4 Å². The van der Waals surface area contributed by atoms with Crippen LogP contribution >= 0.6 is 11.6 Å². The molecule has 112 valence electrons. The van der Waals surface area contributed by atoms with E-state index in [2.05, 4.69) is 0 Å². The van der Waals surface area contributed by atoms with Crippen molar-refractivity contribution in [3.8, 4) is 11.5 Å². The van der Waals surface area contributed by atoms with E-state index in [0.29, 0.717) is 24.8 Å². The lowest BCUT2D eigenvalue weighted by Gasteiger charge is -2.10. The zero-order valence-electron chi connectivity index (χ0n) is 12.1. The molecule has 0 saturated carbocycles. The fraction of sp³-hybridized carbons (Fsp3) is 0.294. The van der Waals surface area contributed by atoms with Crippen LogP contribution in [0.2, 0.25) is 5.02 Å². The van der Waals surface area contributed by atoms with Gasteiger partial charge in [0.1, 0.15) is 11.5 Å². The monoisotopic (exact) mass is 305 g/mol. The summed E-state index contributed by atoms with van der Waals surface area (Å²) in [6, 6.07) is 13.6. The number of rotatable bonds is 7. The number of hydrogen-bond donors (Lipinski definition) is 1. The Morgan fingerprint density at radius 3 is 2.43 bits per heavy atom. The van der Waals surface area contributed by atoms with Gasteiger partial charge in [-0.05, 0) is 42.3 Å². The van der Waals surface area contributed by atoms with Crippen LogP contribution in [0.1, 0.15) is 17.5 Å². The molecule has 0 spiro atoms. The molecule has 3 nitrogen and oxygen atoms in total. The Morgan fingerprint density at radius 1 is 1.00 bits per heavy atom. The average molecular weight is 306 g/mol. The van der Waals surface area contributed by atoms with Gasteiger partial charge in [-0.15, -0.1) is 0 Å². The van der Waals surface area contributed by atoms with Gasteiger partial charge in [-0.1, -0.05) is 29.8 Å². The second-order valence-electron chi connectivity index (χ2n) is 4.83. The molecule has 0 fully saturated rings. The second kappa shape index (κ2) is 7.91. The molecule has 0 saturated heterocycles. The number of benzene rings is 2. The van der Waals surface area contributed by atoms with E-state index in [0.717, 1.165) is 29.0 Å². The standard InChI is InChI=1S/C17H20ClNO2/c1-13-3-8-16(18)17(11-13)21-10-2-9-20-15-6-4-14(12-19)5-7-15/h3-8,11H,2,9-10,12,19H2,1H3. The van der Waals surface area contributed by atoms with E-state index in [9.17, 15) is 0 Å². The first-order chi connectivity index (χ1) is 10.2. The third-order valence-electron chi connectivity index (χ3n) is 3.06. The van der Waals surface area contributed by atoms with Gasteiger partial charge < -0.3 is 15.2 Å². The highest BCUT2D eigenvalue weighted by molar-refractivity contribution is 6.32. The maximum absolute atomic E-state index is 6.07. The minimum Gasteiger partial charge on any atom is -0.493 e. The predicted molar refractivity (Wildman–Crippen MR) is 86.1 cm³/mol. The number of aryl methyl sites for hydroxylation is 1. The van der Waals surface area contributed by atoms with Crippen LogP contribution in [0.5, 0.6) is 11.5 Å². The minimum absolute atomic E-state index is 0.547. The average Bonchev–Trinajstić information content (AvgIpc) is 2.51. The summed E-state index contributed by atoms with van der Waals surface area (Å²) in [5, 5.41) is 0.638. The first-order valence-electron chi connectivity index (χ1n) is 7.00. The highest BCUT2D eigenvalue weighted by atomic mass is 35.5. The highest BCUT2D eigenvalue weighted by Gasteiger charge is 2.01. The molecule has 0 amide bonds. The van der Waals surface area contributed by atoms with Crippen molar-refractivity contribution in [3.05, 3.63) is 58.6 Å². The zero-order valence-corrected chi connectivity index (χ0v) is 12.9. The van der Waals surface area contributed by atoms with E-state index < -0.39 is 0 Å². The van der Waals surface area contributed by atoms with Crippen LogP contribution < -0.4 is 15.2 Å². The summed E-state index contributed by atoms with van der Waals surface area (Å²) in [7, 11) is 0. The van der Waals surface area contributed by atoms with Gasteiger partial charge in [-0.3, -0.25) is 0 Å². The summed E-state index contributed by atoms with van der Waals surface area (Å²) in [5.41, 5.74) is 7.78. The summed E-state index contributed by atoms with van der Waals surface area (Å²) in [4.78, 5) is 0.